The van der Waals surface area contributed by atoms with E-state index in [0.717, 1.165) is 44.6 Å². The van der Waals surface area contributed by atoms with Crippen molar-refractivity contribution in [2.45, 2.75) is 37.5 Å². The summed E-state index contributed by atoms with van der Waals surface area (Å²) in [5.74, 6) is 0.690. The quantitative estimate of drug-likeness (QED) is 0.865. The molecule has 2 aromatic heterocycles. The molecule has 2 saturated heterocycles. The Morgan fingerprint density at radius 3 is 2.58 bits per heavy atom. The van der Waals surface area contributed by atoms with Crippen LogP contribution in [0.5, 0.6) is 5.88 Å². The standard InChI is InChI=1S/C19H23N3O2/c1-3-9-20-16(5-1)14-22-11-7-19(8-12-22)13-17(15-23-19)24-18-6-2-4-10-21-18/h1-6,9-10,17H,7-8,11-15H2/t17-/m1/s1. The van der Waals surface area contributed by atoms with Crippen molar-refractivity contribution < 1.29 is 9.47 Å². The maximum Gasteiger partial charge on any atom is 0.213 e. The third kappa shape index (κ3) is 3.57. The number of hydrogen-bond acceptors (Lipinski definition) is 5. The SMILES string of the molecule is c1ccc(CN2CCC3(CC2)C[C@@H](Oc2ccccn2)CO3)nc1. The fraction of sp³-hybridized carbons (Fsp3) is 0.474. The van der Waals surface area contributed by atoms with Crippen molar-refractivity contribution >= 4 is 0 Å². The minimum atomic E-state index is -0.0138. The van der Waals surface area contributed by atoms with Gasteiger partial charge in [0.05, 0.1) is 17.9 Å². The van der Waals surface area contributed by atoms with Crippen molar-refractivity contribution in [3.63, 3.8) is 0 Å². The van der Waals surface area contributed by atoms with Crippen LogP contribution in [0.15, 0.2) is 48.8 Å². The summed E-state index contributed by atoms with van der Waals surface area (Å²) in [7, 11) is 0. The predicted octanol–water partition coefficient (Wildman–Crippen LogP) is 2.68. The number of hydrogen-bond donors (Lipinski definition) is 0. The molecule has 1 atom stereocenters. The molecule has 0 radical (unpaired) electrons. The second-order valence-corrected chi connectivity index (χ2v) is 6.70. The van der Waals surface area contributed by atoms with Crippen molar-refractivity contribution in [3.8, 4) is 5.88 Å². The van der Waals surface area contributed by atoms with Crippen molar-refractivity contribution in [1.29, 1.82) is 0 Å². The molecule has 5 heteroatoms. The Morgan fingerprint density at radius 2 is 1.88 bits per heavy atom. The minimum Gasteiger partial charge on any atom is -0.472 e. The Morgan fingerprint density at radius 1 is 1.08 bits per heavy atom. The largest absolute Gasteiger partial charge is 0.472 e. The van der Waals surface area contributed by atoms with Gasteiger partial charge in [-0.15, -0.1) is 0 Å². The van der Waals surface area contributed by atoms with Crippen LogP contribution in [0.4, 0.5) is 0 Å². The predicted molar refractivity (Wildman–Crippen MR) is 90.7 cm³/mol. The molecule has 24 heavy (non-hydrogen) atoms. The molecule has 1 spiro atoms. The number of nitrogens with zero attached hydrogens (tertiary/aromatic N) is 3. The average Bonchev–Trinajstić information content (AvgIpc) is 3.01. The zero-order valence-electron chi connectivity index (χ0n) is 13.8. The summed E-state index contributed by atoms with van der Waals surface area (Å²) in [6.45, 7) is 3.68. The highest BCUT2D eigenvalue weighted by Gasteiger charge is 2.43. The molecule has 4 rings (SSSR count). The summed E-state index contributed by atoms with van der Waals surface area (Å²) in [5, 5.41) is 0. The van der Waals surface area contributed by atoms with Crippen LogP contribution in [0.2, 0.25) is 0 Å². The second-order valence-electron chi connectivity index (χ2n) is 6.70. The van der Waals surface area contributed by atoms with Gasteiger partial charge in [-0.05, 0) is 31.0 Å². The lowest BCUT2D eigenvalue weighted by Gasteiger charge is -2.38. The van der Waals surface area contributed by atoms with E-state index >= 15 is 0 Å². The lowest BCUT2D eigenvalue weighted by Crippen LogP contribution is -2.44. The van der Waals surface area contributed by atoms with Gasteiger partial charge in [0.15, 0.2) is 0 Å². The maximum atomic E-state index is 6.17. The number of piperidine rings is 1. The van der Waals surface area contributed by atoms with Gasteiger partial charge in [-0.3, -0.25) is 9.88 Å². The fourth-order valence-electron chi connectivity index (χ4n) is 3.65. The number of ether oxygens (including phenoxy) is 2. The zero-order valence-corrected chi connectivity index (χ0v) is 13.8. The van der Waals surface area contributed by atoms with Crippen LogP contribution in [-0.2, 0) is 11.3 Å². The molecule has 4 heterocycles. The first-order valence-corrected chi connectivity index (χ1v) is 8.65. The molecule has 2 aliphatic rings. The van der Waals surface area contributed by atoms with Crippen molar-refractivity contribution in [2.24, 2.45) is 0 Å². The van der Waals surface area contributed by atoms with E-state index in [2.05, 4.69) is 20.9 Å². The van der Waals surface area contributed by atoms with E-state index in [1.807, 2.05) is 36.5 Å². The summed E-state index contributed by atoms with van der Waals surface area (Å²) in [5.41, 5.74) is 1.12. The highest BCUT2D eigenvalue weighted by molar-refractivity contribution is 5.10. The van der Waals surface area contributed by atoms with E-state index in [-0.39, 0.29) is 11.7 Å². The second kappa shape index (κ2) is 6.87. The Kier molecular flexibility index (Phi) is 4.45. The van der Waals surface area contributed by atoms with Crippen LogP contribution >= 0.6 is 0 Å². The van der Waals surface area contributed by atoms with Crippen LogP contribution < -0.4 is 4.74 Å². The molecule has 0 amide bonds. The maximum absolute atomic E-state index is 6.17. The molecular weight excluding hydrogens is 302 g/mol. The third-order valence-corrected chi connectivity index (χ3v) is 4.98. The molecule has 126 valence electrons. The molecule has 2 aliphatic heterocycles. The monoisotopic (exact) mass is 325 g/mol. The first kappa shape index (κ1) is 15.5. The van der Waals surface area contributed by atoms with Crippen molar-refractivity contribution in [1.82, 2.24) is 14.9 Å². The average molecular weight is 325 g/mol. The summed E-state index contributed by atoms with van der Waals surface area (Å²) >= 11 is 0. The van der Waals surface area contributed by atoms with E-state index in [4.69, 9.17) is 9.47 Å². The highest BCUT2D eigenvalue weighted by atomic mass is 16.6. The van der Waals surface area contributed by atoms with Crippen molar-refractivity contribution in [2.75, 3.05) is 19.7 Å². The first-order chi connectivity index (χ1) is 11.8. The smallest absolute Gasteiger partial charge is 0.213 e. The molecule has 2 aromatic rings. The van der Waals surface area contributed by atoms with Gasteiger partial charge in [0, 0.05) is 44.5 Å². The Hall–Kier alpha value is -1.98. The van der Waals surface area contributed by atoms with E-state index in [0.29, 0.717) is 12.5 Å². The molecule has 0 bridgehead atoms. The summed E-state index contributed by atoms with van der Waals surface area (Å²) < 4.78 is 12.1. The van der Waals surface area contributed by atoms with Gasteiger partial charge in [0.25, 0.3) is 0 Å². The molecular formula is C19H23N3O2. The van der Waals surface area contributed by atoms with Gasteiger partial charge in [0.2, 0.25) is 5.88 Å². The number of pyridine rings is 2. The Labute approximate surface area is 142 Å². The van der Waals surface area contributed by atoms with Crippen LogP contribution in [0, 0.1) is 0 Å². The van der Waals surface area contributed by atoms with Crippen LogP contribution in [0.25, 0.3) is 0 Å². The number of aromatic nitrogens is 2. The molecule has 0 aliphatic carbocycles. The van der Waals surface area contributed by atoms with E-state index < -0.39 is 0 Å². The fourth-order valence-corrected chi connectivity index (χ4v) is 3.65. The van der Waals surface area contributed by atoms with Gasteiger partial charge in [-0.2, -0.15) is 0 Å². The zero-order chi connectivity index (χ0) is 16.2. The van der Waals surface area contributed by atoms with Gasteiger partial charge >= 0.3 is 0 Å². The summed E-state index contributed by atoms with van der Waals surface area (Å²) in [4.78, 5) is 11.1. The minimum absolute atomic E-state index is 0.0138. The molecule has 0 unspecified atom stereocenters. The van der Waals surface area contributed by atoms with Gasteiger partial charge in [-0.25, -0.2) is 4.98 Å². The molecule has 2 fully saturated rings. The Balaban J connectivity index is 1.29. The normalized spacial score (nSPS) is 23.4. The van der Waals surface area contributed by atoms with E-state index in [9.17, 15) is 0 Å². The van der Waals surface area contributed by atoms with Gasteiger partial charge in [0.1, 0.15) is 6.10 Å². The third-order valence-electron chi connectivity index (χ3n) is 4.98. The van der Waals surface area contributed by atoms with Crippen LogP contribution in [0.1, 0.15) is 25.0 Å². The highest BCUT2D eigenvalue weighted by Crippen LogP contribution is 2.37. The first-order valence-electron chi connectivity index (χ1n) is 8.65. The molecule has 0 N–H and O–H groups in total. The topological polar surface area (TPSA) is 47.5 Å². The van der Waals surface area contributed by atoms with Gasteiger partial charge < -0.3 is 9.47 Å². The van der Waals surface area contributed by atoms with Crippen molar-refractivity contribution in [3.05, 3.63) is 54.5 Å². The summed E-state index contributed by atoms with van der Waals surface area (Å²) in [6.07, 6.45) is 6.81. The lowest BCUT2D eigenvalue weighted by molar-refractivity contribution is -0.0456. The Bertz CT molecular complexity index is 642. The number of rotatable bonds is 4. The van der Waals surface area contributed by atoms with Gasteiger partial charge in [-0.1, -0.05) is 12.1 Å². The van der Waals surface area contributed by atoms with E-state index in [1.165, 1.54) is 0 Å². The summed E-state index contributed by atoms with van der Waals surface area (Å²) in [6, 6.07) is 11.9. The van der Waals surface area contributed by atoms with Crippen LogP contribution in [0.3, 0.4) is 0 Å². The van der Waals surface area contributed by atoms with E-state index in [1.54, 1.807) is 6.20 Å². The molecule has 5 nitrogen and oxygen atoms in total. The molecule has 0 saturated carbocycles. The molecule has 0 aromatic carbocycles. The number of likely N-dealkylation sites (tertiary alicyclic amines) is 1. The van der Waals surface area contributed by atoms with Crippen LogP contribution in [-0.4, -0.2) is 46.3 Å². The lowest BCUT2D eigenvalue weighted by atomic mass is 9.88.